The predicted molar refractivity (Wildman–Crippen MR) is 67.4 cm³/mol. The summed E-state index contributed by atoms with van der Waals surface area (Å²) in [4.78, 5) is 22.8. The van der Waals surface area contributed by atoms with Crippen LogP contribution in [-0.2, 0) is 16.1 Å². The van der Waals surface area contributed by atoms with E-state index in [0.717, 1.165) is 11.1 Å². The average Bonchev–Trinajstić information content (AvgIpc) is 2.35. The molecule has 1 heterocycles. The van der Waals surface area contributed by atoms with Crippen molar-refractivity contribution in [3.63, 3.8) is 0 Å². The highest BCUT2D eigenvalue weighted by Gasteiger charge is 2.07. The number of esters is 1. The molecule has 0 unspecified atom stereocenters. The van der Waals surface area contributed by atoms with Crippen LogP contribution in [0.25, 0.3) is 10.8 Å². The monoisotopic (exact) mass is 246 g/mol. The second kappa shape index (κ2) is 5.00. The second-order valence-electron chi connectivity index (χ2n) is 4.00. The topological polar surface area (TPSA) is 61.2 Å². The lowest BCUT2D eigenvalue weighted by Crippen LogP contribution is -2.26. The zero-order valence-electron chi connectivity index (χ0n) is 10.3. The highest BCUT2D eigenvalue weighted by atomic mass is 16.5. The first-order valence-electron chi connectivity index (χ1n) is 5.69. The molecule has 0 saturated heterocycles. The lowest BCUT2D eigenvalue weighted by atomic mass is 10.1. The van der Waals surface area contributed by atoms with Crippen LogP contribution in [0.5, 0.6) is 0 Å². The number of carbonyl (C=O) groups is 1. The molecule has 94 valence electrons. The van der Waals surface area contributed by atoms with Gasteiger partial charge in [-0.15, -0.1) is 0 Å². The fourth-order valence-corrected chi connectivity index (χ4v) is 1.83. The van der Waals surface area contributed by atoms with Gasteiger partial charge < -0.3 is 4.74 Å². The van der Waals surface area contributed by atoms with Crippen LogP contribution in [0.3, 0.4) is 0 Å². The summed E-state index contributed by atoms with van der Waals surface area (Å²) in [7, 11) is 0. The first-order chi connectivity index (χ1) is 8.59. The van der Waals surface area contributed by atoms with Crippen molar-refractivity contribution in [3.8, 4) is 0 Å². The minimum Gasteiger partial charge on any atom is -0.464 e. The van der Waals surface area contributed by atoms with Crippen LogP contribution >= 0.6 is 0 Å². The van der Waals surface area contributed by atoms with E-state index in [0.29, 0.717) is 5.39 Å². The number of fused-ring (bicyclic) bond motifs is 1. The minimum atomic E-state index is -0.361. The number of benzene rings is 1. The van der Waals surface area contributed by atoms with Gasteiger partial charge in [-0.25, -0.2) is 4.68 Å². The molecule has 0 aliphatic carbocycles. The number of rotatable bonds is 3. The Morgan fingerprint density at radius 3 is 2.67 bits per heavy atom. The van der Waals surface area contributed by atoms with Crippen LogP contribution < -0.4 is 5.56 Å². The van der Waals surface area contributed by atoms with Crippen LogP contribution in [0.2, 0.25) is 0 Å². The van der Waals surface area contributed by atoms with Gasteiger partial charge in [-0.3, -0.25) is 9.59 Å². The number of ether oxygens (including phenoxy) is 1. The van der Waals surface area contributed by atoms with E-state index < -0.39 is 0 Å². The van der Waals surface area contributed by atoms with Crippen LogP contribution in [-0.4, -0.2) is 22.4 Å². The maximum atomic E-state index is 12.1. The van der Waals surface area contributed by atoms with Gasteiger partial charge in [-0.05, 0) is 13.0 Å². The van der Waals surface area contributed by atoms with E-state index in [2.05, 4.69) is 5.10 Å². The van der Waals surface area contributed by atoms with Crippen molar-refractivity contribution in [1.82, 2.24) is 9.78 Å². The van der Waals surface area contributed by atoms with Crippen molar-refractivity contribution in [2.24, 2.45) is 0 Å². The van der Waals surface area contributed by atoms with Crippen molar-refractivity contribution in [2.75, 3.05) is 6.61 Å². The van der Waals surface area contributed by atoms with E-state index in [9.17, 15) is 9.59 Å². The van der Waals surface area contributed by atoms with Crippen molar-refractivity contribution in [1.29, 1.82) is 0 Å². The molecule has 0 aliphatic rings. The number of aryl methyl sites for hydroxylation is 1. The summed E-state index contributed by atoms with van der Waals surface area (Å²) in [5.74, 6) is -0.361. The lowest BCUT2D eigenvalue weighted by Gasteiger charge is -2.08. The fourth-order valence-electron chi connectivity index (χ4n) is 1.83. The SMILES string of the molecule is CC(=O)OCCn1nc(C)c2ccccc2c1=O. The largest absolute Gasteiger partial charge is 0.464 e. The molecule has 0 fully saturated rings. The molecule has 2 aromatic rings. The quantitative estimate of drug-likeness (QED) is 0.765. The Morgan fingerprint density at radius 2 is 2.00 bits per heavy atom. The normalized spacial score (nSPS) is 10.6. The van der Waals surface area contributed by atoms with E-state index in [1.165, 1.54) is 11.6 Å². The third-order valence-electron chi connectivity index (χ3n) is 2.66. The van der Waals surface area contributed by atoms with Crippen LogP contribution in [0, 0.1) is 6.92 Å². The number of nitrogens with zero attached hydrogens (tertiary/aromatic N) is 2. The summed E-state index contributed by atoms with van der Waals surface area (Å²) in [6.07, 6.45) is 0. The highest BCUT2D eigenvalue weighted by molar-refractivity contribution is 5.83. The van der Waals surface area contributed by atoms with Gasteiger partial charge >= 0.3 is 5.97 Å². The molecule has 5 heteroatoms. The molecule has 1 aromatic heterocycles. The fraction of sp³-hybridized carbons (Fsp3) is 0.308. The molecule has 5 nitrogen and oxygen atoms in total. The van der Waals surface area contributed by atoms with Crippen LogP contribution in [0.15, 0.2) is 29.1 Å². The first kappa shape index (κ1) is 12.3. The van der Waals surface area contributed by atoms with Gasteiger partial charge in [0.1, 0.15) is 6.61 Å². The highest BCUT2D eigenvalue weighted by Crippen LogP contribution is 2.11. The maximum absolute atomic E-state index is 12.1. The third-order valence-corrected chi connectivity index (χ3v) is 2.66. The molecule has 0 radical (unpaired) electrons. The second-order valence-corrected chi connectivity index (χ2v) is 4.00. The molecule has 18 heavy (non-hydrogen) atoms. The molecular weight excluding hydrogens is 232 g/mol. The van der Waals surface area contributed by atoms with Crippen molar-refractivity contribution in [2.45, 2.75) is 20.4 Å². The zero-order valence-corrected chi connectivity index (χ0v) is 10.3. The molecule has 0 aliphatic heterocycles. The standard InChI is InChI=1S/C13H14N2O3/c1-9-11-5-3-4-6-12(11)13(17)15(14-9)7-8-18-10(2)16/h3-6H,7-8H2,1-2H3. The Labute approximate surface area is 104 Å². The summed E-state index contributed by atoms with van der Waals surface area (Å²) < 4.78 is 6.15. The summed E-state index contributed by atoms with van der Waals surface area (Å²) in [6, 6.07) is 7.34. The van der Waals surface area contributed by atoms with Gasteiger partial charge in [0.2, 0.25) is 0 Å². The summed E-state index contributed by atoms with van der Waals surface area (Å²) >= 11 is 0. The molecule has 2 rings (SSSR count). The Bertz CT molecular complexity index is 646. The molecule has 0 bridgehead atoms. The Hall–Kier alpha value is -2.17. The number of carbonyl (C=O) groups excluding carboxylic acids is 1. The van der Waals surface area contributed by atoms with Gasteiger partial charge in [0.05, 0.1) is 17.6 Å². The Kier molecular flexibility index (Phi) is 3.41. The predicted octanol–water partition coefficient (Wildman–Crippen LogP) is 1.27. The Balaban J connectivity index is 2.37. The van der Waals surface area contributed by atoms with Gasteiger partial charge in [0.25, 0.3) is 5.56 Å². The molecule has 1 aromatic carbocycles. The number of hydrogen-bond donors (Lipinski definition) is 0. The summed E-state index contributed by atoms with van der Waals surface area (Å²) in [5.41, 5.74) is 0.622. The molecule has 0 saturated carbocycles. The lowest BCUT2D eigenvalue weighted by molar-refractivity contribution is -0.141. The minimum absolute atomic E-state index is 0.153. The Morgan fingerprint density at radius 1 is 1.33 bits per heavy atom. The van der Waals surface area contributed by atoms with Crippen LogP contribution in [0.1, 0.15) is 12.6 Å². The van der Waals surface area contributed by atoms with Gasteiger partial charge in [-0.1, -0.05) is 18.2 Å². The van der Waals surface area contributed by atoms with Gasteiger partial charge in [-0.2, -0.15) is 5.10 Å². The summed E-state index contributed by atoms with van der Waals surface area (Å²) in [6.45, 7) is 3.61. The average molecular weight is 246 g/mol. The van der Waals surface area contributed by atoms with E-state index >= 15 is 0 Å². The first-order valence-corrected chi connectivity index (χ1v) is 5.69. The number of hydrogen-bond acceptors (Lipinski definition) is 4. The zero-order chi connectivity index (χ0) is 13.1. The van der Waals surface area contributed by atoms with E-state index in [-0.39, 0.29) is 24.7 Å². The maximum Gasteiger partial charge on any atom is 0.302 e. The van der Waals surface area contributed by atoms with E-state index in [1.807, 2.05) is 25.1 Å². The molecule has 0 N–H and O–H groups in total. The molecule has 0 atom stereocenters. The third kappa shape index (κ3) is 2.40. The molecular formula is C13H14N2O3. The van der Waals surface area contributed by atoms with E-state index in [1.54, 1.807) is 6.07 Å². The van der Waals surface area contributed by atoms with Crippen molar-refractivity contribution < 1.29 is 9.53 Å². The van der Waals surface area contributed by atoms with Gasteiger partial charge in [0.15, 0.2) is 0 Å². The van der Waals surface area contributed by atoms with Gasteiger partial charge in [0, 0.05) is 12.3 Å². The van der Waals surface area contributed by atoms with Crippen molar-refractivity contribution in [3.05, 3.63) is 40.3 Å². The molecule has 0 spiro atoms. The van der Waals surface area contributed by atoms with E-state index in [4.69, 9.17) is 4.74 Å². The smallest absolute Gasteiger partial charge is 0.302 e. The van der Waals surface area contributed by atoms with Crippen LogP contribution in [0.4, 0.5) is 0 Å². The summed E-state index contributed by atoms with van der Waals surface area (Å²) in [5, 5.41) is 5.70. The number of aromatic nitrogens is 2. The molecule has 0 amide bonds. The van der Waals surface area contributed by atoms with Crippen molar-refractivity contribution >= 4 is 16.7 Å².